The Balaban J connectivity index is 1.42. The Kier molecular flexibility index (Phi) is 6.21. The van der Waals surface area contributed by atoms with Gasteiger partial charge in [-0.25, -0.2) is 4.68 Å². The number of halogens is 3. The quantitative estimate of drug-likeness (QED) is 0.279. The van der Waals surface area contributed by atoms with E-state index < -0.39 is 16.8 Å². The summed E-state index contributed by atoms with van der Waals surface area (Å²) >= 11 is 15.5. The maximum Gasteiger partial charge on any atom is 0.491 e. The highest BCUT2D eigenvalue weighted by atomic mass is 79.9. The van der Waals surface area contributed by atoms with Crippen LogP contribution in [0.15, 0.2) is 47.5 Å². The molecule has 3 aromatic heterocycles. The van der Waals surface area contributed by atoms with Crippen LogP contribution in [0.25, 0.3) is 0 Å². The highest BCUT2D eigenvalue weighted by Gasteiger charge is 2.17. The fourth-order valence-electron chi connectivity index (χ4n) is 2.71. The second-order valence-corrected chi connectivity index (χ2v) is 8.13. The van der Waals surface area contributed by atoms with Crippen LogP contribution in [0.4, 0.5) is 11.8 Å². The predicted molar refractivity (Wildman–Crippen MR) is 118 cm³/mol. The molecular weight excluding hydrogens is 529 g/mol. The van der Waals surface area contributed by atoms with E-state index in [9.17, 15) is 14.9 Å². The summed E-state index contributed by atoms with van der Waals surface area (Å²) in [5.74, 6) is -0.694. The molecule has 4 aromatic rings. The first-order chi connectivity index (χ1) is 15.3. The number of anilines is 1. The Bertz CT molecular complexity index is 1320. The molecule has 0 aliphatic heterocycles. The number of rotatable bonds is 7. The highest BCUT2D eigenvalue weighted by molar-refractivity contribution is 9.10. The second-order valence-electron chi connectivity index (χ2n) is 6.44. The van der Waals surface area contributed by atoms with Crippen LogP contribution >= 0.6 is 39.1 Å². The van der Waals surface area contributed by atoms with E-state index in [1.165, 1.54) is 21.8 Å². The monoisotopic (exact) mass is 539 g/mol. The lowest BCUT2D eigenvalue weighted by molar-refractivity contribution is -0.394. The number of benzene rings is 1. The third kappa shape index (κ3) is 4.95. The Morgan fingerprint density at radius 3 is 2.69 bits per heavy atom. The molecule has 0 saturated heterocycles. The molecule has 4 rings (SSSR count). The van der Waals surface area contributed by atoms with Gasteiger partial charge in [0.1, 0.15) is 0 Å². The Morgan fingerprint density at radius 2 is 1.97 bits per heavy atom. The zero-order chi connectivity index (χ0) is 22.8. The van der Waals surface area contributed by atoms with Crippen LogP contribution in [0.5, 0.6) is 0 Å². The van der Waals surface area contributed by atoms with E-state index in [2.05, 4.69) is 41.5 Å². The molecule has 1 aromatic carbocycles. The van der Waals surface area contributed by atoms with Crippen molar-refractivity contribution in [2.24, 2.45) is 0 Å². The number of aromatic nitrogens is 7. The lowest BCUT2D eigenvalue weighted by atomic mass is 10.2. The Labute approximate surface area is 198 Å². The van der Waals surface area contributed by atoms with Gasteiger partial charge in [0.05, 0.1) is 11.0 Å². The molecule has 1 amide bonds. The maximum absolute atomic E-state index is 12.6. The summed E-state index contributed by atoms with van der Waals surface area (Å²) in [6.07, 6.45) is 4.45. The zero-order valence-electron chi connectivity index (χ0n) is 15.9. The molecule has 1 N–H and O–H groups in total. The summed E-state index contributed by atoms with van der Waals surface area (Å²) in [7, 11) is 0. The summed E-state index contributed by atoms with van der Waals surface area (Å²) < 4.78 is 4.81. The standard InChI is InChI=1S/C17H12BrCl2N9O3/c18-12-7-27(6-10-1-2-11(19)5-13(10)20)24-15(12)22-16(30)14-3-4-26(23-14)9-28-8-21-17(25-28)29(31)32/h1-5,7-8H,6,9H2,(H,22,24,30). The fraction of sp³-hybridized carbons (Fsp3) is 0.118. The average Bonchev–Trinajstić information content (AvgIpc) is 3.46. The van der Waals surface area contributed by atoms with Crippen LogP contribution in [-0.2, 0) is 13.2 Å². The number of carbonyl (C=O) groups is 1. The van der Waals surface area contributed by atoms with Gasteiger partial charge in [0.25, 0.3) is 5.91 Å². The van der Waals surface area contributed by atoms with E-state index in [0.717, 1.165) is 5.56 Å². The van der Waals surface area contributed by atoms with Crippen LogP contribution in [-0.4, -0.2) is 45.2 Å². The van der Waals surface area contributed by atoms with Gasteiger partial charge in [0, 0.05) is 27.5 Å². The van der Waals surface area contributed by atoms with Crippen molar-refractivity contribution in [1.82, 2.24) is 34.3 Å². The second kappa shape index (κ2) is 9.06. The lowest BCUT2D eigenvalue weighted by Gasteiger charge is -2.05. The van der Waals surface area contributed by atoms with Crippen molar-refractivity contribution >= 4 is 56.8 Å². The van der Waals surface area contributed by atoms with Crippen molar-refractivity contribution in [3.8, 4) is 0 Å². The normalized spacial score (nSPS) is 11.0. The number of nitrogens with one attached hydrogen (secondary N) is 1. The number of carbonyl (C=O) groups excluding carboxylic acids is 1. The number of amides is 1. The molecule has 0 aliphatic carbocycles. The molecule has 0 aliphatic rings. The summed E-state index contributed by atoms with van der Waals surface area (Å²) in [5, 5.41) is 26.6. The van der Waals surface area contributed by atoms with E-state index >= 15 is 0 Å². The number of hydrogen-bond acceptors (Lipinski definition) is 7. The number of nitro groups is 1. The van der Waals surface area contributed by atoms with E-state index in [-0.39, 0.29) is 12.4 Å². The summed E-state index contributed by atoms with van der Waals surface area (Å²) in [4.78, 5) is 26.1. The van der Waals surface area contributed by atoms with Crippen molar-refractivity contribution < 1.29 is 9.72 Å². The van der Waals surface area contributed by atoms with E-state index in [4.69, 9.17) is 23.2 Å². The van der Waals surface area contributed by atoms with Gasteiger partial charge in [-0.3, -0.25) is 9.48 Å². The molecule has 0 fully saturated rings. The highest BCUT2D eigenvalue weighted by Crippen LogP contribution is 2.25. The topological polar surface area (TPSA) is 139 Å². The summed E-state index contributed by atoms with van der Waals surface area (Å²) in [6, 6.07) is 6.68. The zero-order valence-corrected chi connectivity index (χ0v) is 19.0. The minimum atomic E-state index is -0.698. The molecule has 0 bridgehead atoms. The SMILES string of the molecule is O=C(Nc1nn(Cc2ccc(Cl)cc2Cl)cc1Br)c1ccn(Cn2cnc([N+](=O)[O-])n2)n1. The van der Waals surface area contributed by atoms with E-state index in [0.29, 0.717) is 26.9 Å². The van der Waals surface area contributed by atoms with Gasteiger partial charge < -0.3 is 15.4 Å². The minimum absolute atomic E-state index is 0.0499. The molecule has 0 saturated carbocycles. The van der Waals surface area contributed by atoms with Crippen LogP contribution in [0, 0.1) is 10.1 Å². The first kappa shape index (κ1) is 21.9. The van der Waals surface area contributed by atoms with Crippen LogP contribution in [0.2, 0.25) is 10.0 Å². The first-order valence-electron chi connectivity index (χ1n) is 8.84. The predicted octanol–water partition coefficient (Wildman–Crippen LogP) is 3.46. The first-order valence-corrected chi connectivity index (χ1v) is 10.4. The Morgan fingerprint density at radius 1 is 1.16 bits per heavy atom. The van der Waals surface area contributed by atoms with Crippen LogP contribution in [0.1, 0.15) is 16.1 Å². The smallest absolute Gasteiger partial charge is 0.390 e. The van der Waals surface area contributed by atoms with Crippen LogP contribution in [0.3, 0.4) is 0 Å². The third-order valence-electron chi connectivity index (χ3n) is 4.15. The van der Waals surface area contributed by atoms with E-state index in [1.807, 2.05) is 0 Å². The molecule has 0 spiro atoms. The molecular formula is C17H12BrCl2N9O3. The van der Waals surface area contributed by atoms with Crippen LogP contribution < -0.4 is 5.32 Å². The van der Waals surface area contributed by atoms with Gasteiger partial charge in [-0.1, -0.05) is 34.3 Å². The average molecular weight is 541 g/mol. The Hall–Kier alpha value is -3.29. The summed E-state index contributed by atoms with van der Waals surface area (Å²) in [5.41, 5.74) is 0.942. The largest absolute Gasteiger partial charge is 0.491 e. The van der Waals surface area contributed by atoms with Gasteiger partial charge in [-0.15, -0.1) is 0 Å². The molecule has 0 unspecified atom stereocenters. The maximum atomic E-state index is 12.6. The third-order valence-corrected chi connectivity index (χ3v) is 5.31. The van der Waals surface area contributed by atoms with Crippen molar-refractivity contribution in [3.63, 3.8) is 0 Å². The lowest BCUT2D eigenvalue weighted by Crippen LogP contribution is -2.16. The molecule has 164 valence electrons. The fourth-order valence-corrected chi connectivity index (χ4v) is 3.59. The molecule has 32 heavy (non-hydrogen) atoms. The number of nitrogens with zero attached hydrogens (tertiary/aromatic N) is 8. The van der Waals surface area contributed by atoms with E-state index in [1.54, 1.807) is 35.3 Å². The van der Waals surface area contributed by atoms with Gasteiger partial charge in [0.15, 0.2) is 18.2 Å². The molecule has 0 atom stereocenters. The van der Waals surface area contributed by atoms with Gasteiger partial charge in [0.2, 0.25) is 6.33 Å². The minimum Gasteiger partial charge on any atom is -0.390 e. The molecule has 12 nitrogen and oxygen atoms in total. The molecule has 15 heteroatoms. The molecule has 3 heterocycles. The number of hydrogen-bond donors (Lipinski definition) is 1. The van der Waals surface area contributed by atoms with Crippen molar-refractivity contribution in [2.75, 3.05) is 5.32 Å². The van der Waals surface area contributed by atoms with Crippen molar-refractivity contribution in [2.45, 2.75) is 13.2 Å². The van der Waals surface area contributed by atoms with Gasteiger partial charge in [-0.2, -0.15) is 14.9 Å². The van der Waals surface area contributed by atoms with Gasteiger partial charge >= 0.3 is 5.95 Å². The van der Waals surface area contributed by atoms with Crippen molar-refractivity contribution in [3.05, 3.63) is 78.9 Å². The van der Waals surface area contributed by atoms with Gasteiger partial charge in [-0.05, 0) is 44.6 Å². The van der Waals surface area contributed by atoms with Crippen molar-refractivity contribution in [1.29, 1.82) is 0 Å². The molecule has 0 radical (unpaired) electrons. The summed E-state index contributed by atoms with van der Waals surface area (Å²) in [6.45, 7) is 0.428.